The highest BCUT2D eigenvalue weighted by Crippen LogP contribution is 2.27. The maximum absolute atomic E-state index is 12.0. The van der Waals surface area contributed by atoms with Gasteiger partial charge in [0.2, 0.25) is 3.79 Å². The maximum atomic E-state index is 12.0. The van der Waals surface area contributed by atoms with Crippen molar-refractivity contribution >= 4 is 46.9 Å². The molecule has 1 aliphatic rings. The third kappa shape index (κ3) is 5.94. The van der Waals surface area contributed by atoms with Crippen LogP contribution in [0.3, 0.4) is 0 Å². The Balaban J connectivity index is 2.60. The van der Waals surface area contributed by atoms with E-state index in [1.54, 1.807) is 20.8 Å². The number of halogens is 3. The summed E-state index contributed by atoms with van der Waals surface area (Å²) < 4.78 is 8.50. The fourth-order valence-corrected chi connectivity index (χ4v) is 1.96. The summed E-state index contributed by atoms with van der Waals surface area (Å²) >= 11 is 16.6. The summed E-state index contributed by atoms with van der Waals surface area (Å²) in [4.78, 5) is 25.3. The van der Waals surface area contributed by atoms with E-state index >= 15 is 0 Å². The lowest BCUT2D eigenvalue weighted by atomic mass is 10.2. The zero-order valence-electron chi connectivity index (χ0n) is 11.6. The summed E-state index contributed by atoms with van der Waals surface area (Å²) in [5.41, 5.74) is -0.619. The minimum Gasteiger partial charge on any atom is -0.460 e. The molecule has 116 valence electrons. The standard InChI is InChI=1S/C12H18Cl3NO4/c1-11(2,3)20-10(18)16-6-4-5-8(16)9(17)19-7-12(13,14)15/h8H,4-7H2,1-3H3/t8-/m0/s1. The van der Waals surface area contributed by atoms with Crippen molar-refractivity contribution in [3.63, 3.8) is 0 Å². The largest absolute Gasteiger partial charge is 0.460 e. The molecule has 8 heteroatoms. The van der Waals surface area contributed by atoms with Gasteiger partial charge in [0.15, 0.2) is 0 Å². The van der Waals surface area contributed by atoms with Crippen molar-refractivity contribution in [2.75, 3.05) is 13.2 Å². The Hall–Kier alpha value is -0.390. The molecule has 1 saturated heterocycles. The van der Waals surface area contributed by atoms with Gasteiger partial charge in [-0.3, -0.25) is 4.90 Å². The molecule has 0 N–H and O–H groups in total. The molecule has 1 atom stereocenters. The average molecular weight is 347 g/mol. The number of hydrogen-bond acceptors (Lipinski definition) is 4. The lowest BCUT2D eigenvalue weighted by Crippen LogP contribution is -2.44. The summed E-state index contributed by atoms with van der Waals surface area (Å²) in [5, 5.41) is 0. The van der Waals surface area contributed by atoms with Crippen molar-refractivity contribution in [2.24, 2.45) is 0 Å². The second-order valence-corrected chi connectivity index (χ2v) is 8.07. The summed E-state index contributed by atoms with van der Waals surface area (Å²) in [6.45, 7) is 5.38. The van der Waals surface area contributed by atoms with Crippen LogP contribution in [0.15, 0.2) is 0 Å². The van der Waals surface area contributed by atoms with Crippen LogP contribution >= 0.6 is 34.8 Å². The molecular weight excluding hydrogens is 328 g/mol. The maximum Gasteiger partial charge on any atom is 0.411 e. The monoisotopic (exact) mass is 345 g/mol. The van der Waals surface area contributed by atoms with E-state index in [1.807, 2.05) is 0 Å². The Morgan fingerprint density at radius 1 is 1.25 bits per heavy atom. The lowest BCUT2D eigenvalue weighted by Gasteiger charge is -2.27. The zero-order chi connectivity index (χ0) is 15.6. The van der Waals surface area contributed by atoms with Crippen molar-refractivity contribution in [1.82, 2.24) is 4.90 Å². The molecule has 1 rings (SSSR count). The topological polar surface area (TPSA) is 55.8 Å². The molecule has 0 aromatic rings. The Labute approximate surface area is 133 Å². The molecule has 0 aromatic heterocycles. The van der Waals surface area contributed by atoms with Gasteiger partial charge in [0, 0.05) is 6.54 Å². The summed E-state index contributed by atoms with van der Waals surface area (Å²) in [6, 6.07) is -0.683. The number of ether oxygens (including phenoxy) is 2. The first-order valence-corrected chi connectivity index (χ1v) is 7.36. The van der Waals surface area contributed by atoms with Crippen LogP contribution < -0.4 is 0 Å². The van der Waals surface area contributed by atoms with E-state index in [2.05, 4.69) is 0 Å². The van der Waals surface area contributed by atoms with E-state index in [4.69, 9.17) is 44.3 Å². The molecule has 1 fully saturated rings. The minimum absolute atomic E-state index is 0.352. The van der Waals surface area contributed by atoms with Crippen LogP contribution in [0.2, 0.25) is 0 Å². The van der Waals surface area contributed by atoms with Gasteiger partial charge in [-0.1, -0.05) is 34.8 Å². The van der Waals surface area contributed by atoms with Crippen LogP contribution in [0.4, 0.5) is 4.79 Å². The zero-order valence-corrected chi connectivity index (χ0v) is 13.9. The normalized spacial score (nSPS) is 19.9. The van der Waals surface area contributed by atoms with Crippen molar-refractivity contribution in [1.29, 1.82) is 0 Å². The van der Waals surface area contributed by atoms with Gasteiger partial charge in [-0.15, -0.1) is 0 Å². The first-order chi connectivity index (χ1) is 8.99. The molecule has 0 aliphatic carbocycles. The van der Waals surface area contributed by atoms with Gasteiger partial charge in [0.05, 0.1) is 0 Å². The fourth-order valence-electron chi connectivity index (χ4n) is 1.80. The van der Waals surface area contributed by atoms with Crippen LogP contribution in [0.25, 0.3) is 0 Å². The Kier molecular flexibility index (Phi) is 5.81. The van der Waals surface area contributed by atoms with Crippen LogP contribution in [0.5, 0.6) is 0 Å². The molecule has 1 heterocycles. The first-order valence-electron chi connectivity index (χ1n) is 6.22. The van der Waals surface area contributed by atoms with E-state index in [1.165, 1.54) is 4.90 Å². The third-order valence-corrected chi connectivity index (χ3v) is 2.86. The van der Waals surface area contributed by atoms with E-state index in [0.29, 0.717) is 19.4 Å². The van der Waals surface area contributed by atoms with E-state index in [9.17, 15) is 9.59 Å². The van der Waals surface area contributed by atoms with Crippen molar-refractivity contribution in [2.45, 2.75) is 49.0 Å². The molecule has 1 amide bonds. The van der Waals surface area contributed by atoms with Crippen LogP contribution in [0, 0.1) is 0 Å². The lowest BCUT2D eigenvalue weighted by molar-refractivity contribution is -0.148. The number of carbonyl (C=O) groups excluding carboxylic acids is 2. The Morgan fingerprint density at radius 2 is 1.85 bits per heavy atom. The number of hydrogen-bond donors (Lipinski definition) is 0. The van der Waals surface area contributed by atoms with E-state index in [-0.39, 0.29) is 6.61 Å². The average Bonchev–Trinajstić information content (AvgIpc) is 2.71. The van der Waals surface area contributed by atoms with E-state index in [0.717, 1.165) is 0 Å². The number of amides is 1. The van der Waals surface area contributed by atoms with Gasteiger partial charge in [-0.05, 0) is 33.6 Å². The van der Waals surface area contributed by atoms with Crippen molar-refractivity contribution in [3.8, 4) is 0 Å². The van der Waals surface area contributed by atoms with Crippen LogP contribution in [-0.4, -0.2) is 45.5 Å². The molecule has 0 spiro atoms. The van der Waals surface area contributed by atoms with E-state index < -0.39 is 27.5 Å². The minimum atomic E-state index is -1.66. The number of esters is 1. The van der Waals surface area contributed by atoms with Gasteiger partial charge in [0.25, 0.3) is 0 Å². The highest BCUT2D eigenvalue weighted by Gasteiger charge is 2.38. The molecule has 0 radical (unpaired) electrons. The van der Waals surface area contributed by atoms with Gasteiger partial charge in [-0.2, -0.15) is 0 Å². The van der Waals surface area contributed by atoms with Gasteiger partial charge in [-0.25, -0.2) is 9.59 Å². The number of nitrogens with zero attached hydrogens (tertiary/aromatic N) is 1. The SMILES string of the molecule is CC(C)(C)OC(=O)N1CCC[C@H]1C(=O)OCC(Cl)(Cl)Cl. The number of rotatable bonds is 2. The molecule has 0 unspecified atom stereocenters. The summed E-state index contributed by atoms with van der Waals surface area (Å²) in [5.74, 6) is -0.584. The van der Waals surface area contributed by atoms with Crippen molar-refractivity contribution < 1.29 is 19.1 Å². The highest BCUT2D eigenvalue weighted by molar-refractivity contribution is 6.67. The number of likely N-dealkylation sites (tertiary alicyclic amines) is 1. The predicted molar refractivity (Wildman–Crippen MR) is 77.2 cm³/mol. The quantitative estimate of drug-likeness (QED) is 0.568. The highest BCUT2D eigenvalue weighted by atomic mass is 35.6. The Morgan fingerprint density at radius 3 is 2.35 bits per heavy atom. The molecule has 0 aromatic carbocycles. The second-order valence-electron chi connectivity index (χ2n) is 5.55. The van der Waals surface area contributed by atoms with Crippen LogP contribution in [-0.2, 0) is 14.3 Å². The Bertz CT molecular complexity index is 376. The molecule has 0 bridgehead atoms. The molecule has 0 saturated carbocycles. The van der Waals surface area contributed by atoms with Gasteiger partial charge < -0.3 is 9.47 Å². The van der Waals surface area contributed by atoms with Gasteiger partial charge in [0.1, 0.15) is 18.2 Å². The third-order valence-electron chi connectivity index (χ3n) is 2.53. The molecular formula is C12H18Cl3NO4. The van der Waals surface area contributed by atoms with Crippen molar-refractivity contribution in [3.05, 3.63) is 0 Å². The summed E-state index contributed by atoms with van der Waals surface area (Å²) in [6.07, 6.45) is 0.677. The molecule has 1 aliphatic heterocycles. The van der Waals surface area contributed by atoms with Gasteiger partial charge >= 0.3 is 12.1 Å². The smallest absolute Gasteiger partial charge is 0.411 e. The second kappa shape index (κ2) is 6.58. The molecule has 5 nitrogen and oxygen atoms in total. The number of carbonyl (C=O) groups is 2. The van der Waals surface area contributed by atoms with Crippen LogP contribution in [0.1, 0.15) is 33.6 Å². The summed E-state index contributed by atoms with van der Waals surface area (Å²) in [7, 11) is 0. The predicted octanol–water partition coefficient (Wildman–Crippen LogP) is 3.30. The number of alkyl halides is 3. The first kappa shape index (κ1) is 17.7. The fraction of sp³-hybridized carbons (Fsp3) is 0.833. The molecule has 20 heavy (non-hydrogen) atoms.